The molecule has 0 saturated carbocycles. The van der Waals surface area contributed by atoms with Crippen molar-refractivity contribution in [1.82, 2.24) is 0 Å². The molecule has 0 radical (unpaired) electrons. The van der Waals surface area contributed by atoms with E-state index in [-0.39, 0.29) is 24.0 Å². The van der Waals surface area contributed by atoms with E-state index in [1.54, 1.807) is 7.11 Å². The van der Waals surface area contributed by atoms with Gasteiger partial charge in [-0.05, 0) is 25.5 Å². The highest BCUT2D eigenvalue weighted by Crippen LogP contribution is 2.07. The molecule has 0 spiro atoms. The molecule has 96 valence electrons. The molecule has 3 N–H and O–H groups in total. The first kappa shape index (κ1) is 16.2. The smallest absolute Gasteiger partial charge is 0.193 e. The third-order valence-corrected chi connectivity index (χ3v) is 2.11. The lowest BCUT2D eigenvalue weighted by molar-refractivity contribution is 0.197. The Hall–Kier alpha value is -0.820. The van der Waals surface area contributed by atoms with Crippen LogP contribution in [0.1, 0.15) is 12.0 Å². The van der Waals surface area contributed by atoms with Gasteiger partial charge in [-0.1, -0.05) is 17.7 Å². The summed E-state index contributed by atoms with van der Waals surface area (Å²) in [6.07, 6.45) is 0.882. The molecule has 4 nitrogen and oxygen atoms in total. The standard InChI is InChI=1S/C12H19N3O.HI/c1-10-4-6-11(7-5-10)15-12(13)14-8-3-9-16-2;/h4-7H,3,8-9H2,1-2H3,(H3,13,14,15);1H. The highest BCUT2D eigenvalue weighted by Gasteiger charge is 1.94. The number of nitrogens with two attached hydrogens (primary N) is 1. The Morgan fingerprint density at radius 3 is 2.59 bits per heavy atom. The zero-order valence-corrected chi connectivity index (χ0v) is 12.6. The molecule has 5 heteroatoms. The molecule has 0 aromatic heterocycles. The number of benzene rings is 1. The Kier molecular flexibility index (Phi) is 8.79. The molecule has 1 aromatic carbocycles. The molecule has 0 aliphatic rings. The van der Waals surface area contributed by atoms with E-state index in [4.69, 9.17) is 10.5 Å². The lowest BCUT2D eigenvalue weighted by Crippen LogP contribution is -2.22. The van der Waals surface area contributed by atoms with Crippen LogP contribution < -0.4 is 11.1 Å². The number of ether oxygens (including phenoxy) is 1. The third kappa shape index (κ3) is 7.17. The molecule has 17 heavy (non-hydrogen) atoms. The average molecular weight is 349 g/mol. The number of hydrogen-bond acceptors (Lipinski definition) is 2. The van der Waals surface area contributed by atoms with Gasteiger partial charge in [-0.25, -0.2) is 0 Å². The van der Waals surface area contributed by atoms with Crippen LogP contribution >= 0.6 is 24.0 Å². The number of guanidine groups is 1. The van der Waals surface area contributed by atoms with Gasteiger partial charge in [0.1, 0.15) is 0 Å². The van der Waals surface area contributed by atoms with Crippen LogP contribution in [0.15, 0.2) is 29.3 Å². The Balaban J connectivity index is 0.00000256. The van der Waals surface area contributed by atoms with Gasteiger partial charge in [-0.3, -0.25) is 4.99 Å². The number of aryl methyl sites for hydroxylation is 1. The quantitative estimate of drug-likeness (QED) is 0.371. The van der Waals surface area contributed by atoms with Crippen molar-refractivity contribution in [3.05, 3.63) is 29.8 Å². The molecular formula is C12H20IN3O. The minimum atomic E-state index is 0. The second kappa shape index (κ2) is 9.23. The first-order chi connectivity index (χ1) is 7.72. The van der Waals surface area contributed by atoms with E-state index >= 15 is 0 Å². The number of nitrogens with zero attached hydrogens (tertiary/aromatic N) is 1. The second-order valence-corrected chi connectivity index (χ2v) is 3.60. The van der Waals surface area contributed by atoms with Gasteiger partial charge in [0.15, 0.2) is 5.96 Å². The molecule has 0 aliphatic carbocycles. The number of halogens is 1. The van der Waals surface area contributed by atoms with Crippen LogP contribution in [-0.4, -0.2) is 26.2 Å². The molecule has 0 aliphatic heterocycles. The fourth-order valence-corrected chi connectivity index (χ4v) is 1.23. The van der Waals surface area contributed by atoms with Crippen molar-refractivity contribution in [2.24, 2.45) is 10.7 Å². The van der Waals surface area contributed by atoms with Crippen LogP contribution in [-0.2, 0) is 4.74 Å². The number of nitrogens with one attached hydrogen (secondary N) is 1. The number of aliphatic imine (C=N–C) groups is 1. The zero-order valence-electron chi connectivity index (χ0n) is 10.3. The minimum absolute atomic E-state index is 0. The zero-order chi connectivity index (χ0) is 11.8. The normalized spacial score (nSPS) is 10.8. The SMILES string of the molecule is COCCCN=C(N)Nc1ccc(C)cc1.I. The van der Waals surface area contributed by atoms with Gasteiger partial charge in [-0.2, -0.15) is 0 Å². The van der Waals surface area contributed by atoms with Gasteiger partial charge in [0.05, 0.1) is 0 Å². The van der Waals surface area contributed by atoms with Crippen LogP contribution in [0.25, 0.3) is 0 Å². The summed E-state index contributed by atoms with van der Waals surface area (Å²) in [5.41, 5.74) is 7.90. The van der Waals surface area contributed by atoms with Crippen molar-refractivity contribution < 1.29 is 4.74 Å². The van der Waals surface area contributed by atoms with Crippen molar-refractivity contribution in [2.45, 2.75) is 13.3 Å². The summed E-state index contributed by atoms with van der Waals surface area (Å²) in [5, 5.41) is 3.03. The van der Waals surface area contributed by atoms with Crippen LogP contribution in [0.2, 0.25) is 0 Å². The first-order valence-corrected chi connectivity index (χ1v) is 5.35. The molecule has 0 bridgehead atoms. The molecule has 0 unspecified atom stereocenters. The Morgan fingerprint density at radius 1 is 1.35 bits per heavy atom. The third-order valence-electron chi connectivity index (χ3n) is 2.11. The number of hydrogen-bond donors (Lipinski definition) is 2. The van der Waals surface area contributed by atoms with E-state index in [0.717, 1.165) is 12.1 Å². The summed E-state index contributed by atoms with van der Waals surface area (Å²) in [6.45, 7) is 3.44. The molecule has 0 fully saturated rings. The highest BCUT2D eigenvalue weighted by atomic mass is 127. The van der Waals surface area contributed by atoms with Crippen molar-refractivity contribution in [1.29, 1.82) is 0 Å². The predicted molar refractivity (Wildman–Crippen MR) is 83.2 cm³/mol. The van der Waals surface area contributed by atoms with Crippen molar-refractivity contribution in [3.8, 4) is 0 Å². The number of rotatable bonds is 5. The fourth-order valence-electron chi connectivity index (χ4n) is 1.23. The van der Waals surface area contributed by atoms with Crippen LogP contribution in [0.5, 0.6) is 0 Å². The lowest BCUT2D eigenvalue weighted by atomic mass is 10.2. The van der Waals surface area contributed by atoms with Crippen LogP contribution in [0, 0.1) is 6.92 Å². The Labute approximate surface area is 120 Å². The van der Waals surface area contributed by atoms with Crippen molar-refractivity contribution >= 4 is 35.6 Å². The molecule has 0 amide bonds. The maximum absolute atomic E-state index is 5.72. The van der Waals surface area contributed by atoms with Crippen LogP contribution in [0.4, 0.5) is 5.69 Å². The van der Waals surface area contributed by atoms with E-state index in [0.29, 0.717) is 19.1 Å². The molecular weight excluding hydrogens is 329 g/mol. The first-order valence-electron chi connectivity index (χ1n) is 5.35. The Morgan fingerprint density at radius 2 is 2.00 bits per heavy atom. The van der Waals surface area contributed by atoms with Gasteiger partial charge in [0.25, 0.3) is 0 Å². The van der Waals surface area contributed by atoms with Gasteiger partial charge in [-0.15, -0.1) is 24.0 Å². The van der Waals surface area contributed by atoms with E-state index < -0.39 is 0 Å². The number of anilines is 1. The topological polar surface area (TPSA) is 59.6 Å². The van der Waals surface area contributed by atoms with E-state index in [1.807, 2.05) is 31.2 Å². The van der Waals surface area contributed by atoms with Gasteiger partial charge < -0.3 is 15.8 Å². The highest BCUT2D eigenvalue weighted by molar-refractivity contribution is 14.0. The Bertz CT molecular complexity index is 338. The molecule has 1 aromatic rings. The predicted octanol–water partition coefficient (Wildman–Crippen LogP) is 2.38. The summed E-state index contributed by atoms with van der Waals surface area (Å²) in [5.74, 6) is 0.444. The van der Waals surface area contributed by atoms with Gasteiger partial charge in [0.2, 0.25) is 0 Å². The van der Waals surface area contributed by atoms with Crippen molar-refractivity contribution in [3.63, 3.8) is 0 Å². The lowest BCUT2D eigenvalue weighted by Gasteiger charge is -2.05. The minimum Gasteiger partial charge on any atom is -0.385 e. The molecule has 0 heterocycles. The van der Waals surface area contributed by atoms with Crippen LogP contribution in [0.3, 0.4) is 0 Å². The van der Waals surface area contributed by atoms with E-state index in [9.17, 15) is 0 Å². The molecule has 0 atom stereocenters. The second-order valence-electron chi connectivity index (χ2n) is 3.60. The average Bonchev–Trinajstić information content (AvgIpc) is 2.28. The number of methoxy groups -OCH3 is 1. The molecule has 1 rings (SSSR count). The monoisotopic (exact) mass is 349 g/mol. The van der Waals surface area contributed by atoms with Gasteiger partial charge in [0, 0.05) is 25.9 Å². The van der Waals surface area contributed by atoms with Gasteiger partial charge >= 0.3 is 0 Å². The van der Waals surface area contributed by atoms with E-state index in [2.05, 4.69) is 10.3 Å². The van der Waals surface area contributed by atoms with Crippen molar-refractivity contribution in [2.75, 3.05) is 25.6 Å². The van der Waals surface area contributed by atoms with E-state index in [1.165, 1.54) is 5.56 Å². The summed E-state index contributed by atoms with van der Waals surface area (Å²) in [6, 6.07) is 8.01. The maximum atomic E-state index is 5.72. The molecule has 0 saturated heterocycles. The summed E-state index contributed by atoms with van der Waals surface area (Å²) >= 11 is 0. The largest absolute Gasteiger partial charge is 0.385 e. The summed E-state index contributed by atoms with van der Waals surface area (Å²) < 4.78 is 4.92. The fraction of sp³-hybridized carbons (Fsp3) is 0.417. The summed E-state index contributed by atoms with van der Waals surface area (Å²) in [4.78, 5) is 4.18. The summed E-state index contributed by atoms with van der Waals surface area (Å²) in [7, 11) is 1.68. The maximum Gasteiger partial charge on any atom is 0.193 e.